The molecule has 0 unspecified atom stereocenters. The average molecular weight is 309 g/mol. The summed E-state index contributed by atoms with van der Waals surface area (Å²) in [4.78, 5) is 9.23. The first-order valence-electron chi connectivity index (χ1n) is 6.05. The fourth-order valence-electron chi connectivity index (χ4n) is 2.41. The Morgan fingerprint density at radius 2 is 1.68 bits per heavy atom. The summed E-state index contributed by atoms with van der Waals surface area (Å²) < 4.78 is 1.07. The van der Waals surface area contributed by atoms with E-state index < -0.39 is 0 Å². The van der Waals surface area contributed by atoms with Crippen LogP contribution in [-0.4, -0.2) is 9.97 Å². The number of hydrogen-bond donors (Lipinski definition) is 0. The minimum Gasteiger partial charge on any atom is -0.254 e. The van der Waals surface area contributed by atoms with Crippen molar-refractivity contribution < 1.29 is 0 Å². The van der Waals surface area contributed by atoms with Gasteiger partial charge in [-0.05, 0) is 30.3 Å². The number of aromatic nitrogens is 2. The maximum Gasteiger partial charge on any atom is 0.0972 e. The fraction of sp³-hybridized carbons (Fsp3) is 0. The summed E-state index contributed by atoms with van der Waals surface area (Å²) in [5.41, 5.74) is 2.92. The molecule has 0 fully saturated rings. The third-order valence-corrected chi connectivity index (χ3v) is 3.81. The lowest BCUT2D eigenvalue weighted by Gasteiger charge is -2.05. The van der Waals surface area contributed by atoms with Gasteiger partial charge in [0.25, 0.3) is 0 Å². The molecular weight excluding hydrogens is 300 g/mol. The molecule has 0 bridgehead atoms. The summed E-state index contributed by atoms with van der Waals surface area (Å²) >= 11 is 3.50. The first-order chi connectivity index (χ1) is 9.31. The van der Waals surface area contributed by atoms with Crippen LogP contribution in [0.3, 0.4) is 0 Å². The van der Waals surface area contributed by atoms with E-state index in [9.17, 15) is 0 Å². The summed E-state index contributed by atoms with van der Waals surface area (Å²) in [6.07, 6.45) is 1.81. The molecule has 0 aliphatic rings. The molecule has 0 spiro atoms. The molecule has 2 aromatic carbocycles. The highest BCUT2D eigenvalue weighted by Crippen LogP contribution is 2.26. The Labute approximate surface area is 118 Å². The monoisotopic (exact) mass is 308 g/mol. The van der Waals surface area contributed by atoms with Gasteiger partial charge in [-0.1, -0.05) is 34.1 Å². The molecule has 2 nitrogen and oxygen atoms in total. The predicted molar refractivity (Wildman–Crippen MR) is 82.3 cm³/mol. The van der Waals surface area contributed by atoms with E-state index in [0.717, 1.165) is 37.2 Å². The van der Waals surface area contributed by atoms with Crippen molar-refractivity contribution in [2.24, 2.45) is 0 Å². The third-order valence-electron chi connectivity index (χ3n) is 3.31. The second-order valence-electron chi connectivity index (χ2n) is 4.54. The van der Waals surface area contributed by atoms with Gasteiger partial charge in [0.1, 0.15) is 0 Å². The Morgan fingerprint density at radius 3 is 2.63 bits per heavy atom. The van der Waals surface area contributed by atoms with E-state index in [1.165, 1.54) is 0 Å². The third kappa shape index (κ3) is 1.70. The molecule has 3 heteroatoms. The molecule has 0 saturated heterocycles. The van der Waals surface area contributed by atoms with Crippen LogP contribution in [0.25, 0.3) is 32.7 Å². The van der Waals surface area contributed by atoms with Gasteiger partial charge in [0.05, 0.1) is 16.6 Å². The Kier molecular flexibility index (Phi) is 2.29. The number of halogens is 1. The number of fused-ring (bicyclic) bond motifs is 4. The van der Waals surface area contributed by atoms with Gasteiger partial charge in [-0.3, -0.25) is 4.98 Å². The van der Waals surface area contributed by atoms with Gasteiger partial charge in [0.15, 0.2) is 0 Å². The quantitative estimate of drug-likeness (QED) is 0.347. The molecule has 2 aromatic heterocycles. The van der Waals surface area contributed by atoms with E-state index in [0.29, 0.717) is 0 Å². The van der Waals surface area contributed by atoms with Gasteiger partial charge >= 0.3 is 0 Å². The zero-order valence-electron chi connectivity index (χ0n) is 9.97. The van der Waals surface area contributed by atoms with Crippen molar-refractivity contribution in [3.05, 3.63) is 59.2 Å². The minimum atomic E-state index is 0.963. The summed E-state index contributed by atoms with van der Waals surface area (Å²) in [6, 6.07) is 16.5. The van der Waals surface area contributed by atoms with Crippen molar-refractivity contribution in [3.63, 3.8) is 0 Å². The summed E-state index contributed by atoms with van der Waals surface area (Å²) in [5.74, 6) is 0. The van der Waals surface area contributed by atoms with E-state index in [1.54, 1.807) is 0 Å². The van der Waals surface area contributed by atoms with E-state index in [4.69, 9.17) is 4.98 Å². The smallest absolute Gasteiger partial charge is 0.0972 e. The normalized spacial score (nSPS) is 11.4. The maximum atomic E-state index is 4.76. The highest BCUT2D eigenvalue weighted by Gasteiger charge is 2.05. The average Bonchev–Trinajstić information content (AvgIpc) is 2.45. The van der Waals surface area contributed by atoms with Gasteiger partial charge in [0.2, 0.25) is 0 Å². The van der Waals surface area contributed by atoms with E-state index in [2.05, 4.69) is 51.2 Å². The van der Waals surface area contributed by atoms with Crippen LogP contribution >= 0.6 is 15.9 Å². The second kappa shape index (κ2) is 4.00. The highest BCUT2D eigenvalue weighted by atomic mass is 79.9. The maximum absolute atomic E-state index is 4.76. The van der Waals surface area contributed by atoms with Crippen molar-refractivity contribution in [2.45, 2.75) is 0 Å². The lowest BCUT2D eigenvalue weighted by Crippen LogP contribution is -1.86. The van der Waals surface area contributed by atoms with Gasteiger partial charge < -0.3 is 0 Å². The topological polar surface area (TPSA) is 25.8 Å². The number of rotatable bonds is 0. The largest absolute Gasteiger partial charge is 0.254 e. The van der Waals surface area contributed by atoms with Crippen molar-refractivity contribution in [1.82, 2.24) is 9.97 Å². The van der Waals surface area contributed by atoms with E-state index >= 15 is 0 Å². The van der Waals surface area contributed by atoms with Crippen molar-refractivity contribution in [2.75, 3.05) is 0 Å². The van der Waals surface area contributed by atoms with Gasteiger partial charge in [-0.15, -0.1) is 0 Å². The Hall–Kier alpha value is -2.00. The molecule has 0 atom stereocenters. The number of pyridine rings is 2. The van der Waals surface area contributed by atoms with E-state index in [-0.39, 0.29) is 0 Å². The van der Waals surface area contributed by atoms with Crippen LogP contribution in [0.5, 0.6) is 0 Å². The van der Waals surface area contributed by atoms with Crippen molar-refractivity contribution >= 4 is 48.6 Å². The molecule has 0 aliphatic heterocycles. The molecule has 4 rings (SSSR count). The van der Waals surface area contributed by atoms with Crippen LogP contribution in [0.15, 0.2) is 59.2 Å². The SMILES string of the molecule is Brc1ccc2nc3c(ccc4cccnc43)cc2c1. The molecule has 0 aliphatic carbocycles. The summed E-state index contributed by atoms with van der Waals surface area (Å²) in [6.45, 7) is 0. The molecule has 0 radical (unpaired) electrons. The number of nitrogens with zero attached hydrogens (tertiary/aromatic N) is 2. The van der Waals surface area contributed by atoms with Crippen LogP contribution in [0.1, 0.15) is 0 Å². The molecule has 4 aromatic rings. The molecule has 19 heavy (non-hydrogen) atoms. The molecule has 0 N–H and O–H groups in total. The Balaban J connectivity index is 2.22. The molecule has 0 saturated carbocycles. The first-order valence-corrected chi connectivity index (χ1v) is 6.84. The number of benzene rings is 2. The second-order valence-corrected chi connectivity index (χ2v) is 5.45. The summed E-state index contributed by atoms with van der Waals surface area (Å²) in [5, 5.41) is 3.38. The fourth-order valence-corrected chi connectivity index (χ4v) is 2.79. The summed E-state index contributed by atoms with van der Waals surface area (Å²) in [7, 11) is 0. The zero-order valence-corrected chi connectivity index (χ0v) is 11.6. The van der Waals surface area contributed by atoms with Crippen LogP contribution < -0.4 is 0 Å². The predicted octanol–water partition coefficient (Wildman–Crippen LogP) is 4.70. The highest BCUT2D eigenvalue weighted by molar-refractivity contribution is 9.10. The van der Waals surface area contributed by atoms with E-state index in [1.807, 2.05) is 24.4 Å². The minimum absolute atomic E-state index is 0.963. The molecule has 0 amide bonds. The molecular formula is C16H9BrN2. The number of hydrogen-bond acceptors (Lipinski definition) is 2. The van der Waals surface area contributed by atoms with Crippen LogP contribution in [0.2, 0.25) is 0 Å². The van der Waals surface area contributed by atoms with Gasteiger partial charge in [-0.25, -0.2) is 4.98 Å². The standard InChI is InChI=1S/C16H9BrN2/c17-13-5-6-14-12(9-13)8-11-4-3-10-2-1-7-18-15(10)16(11)19-14/h1-9H. The zero-order chi connectivity index (χ0) is 12.8. The van der Waals surface area contributed by atoms with Crippen LogP contribution in [-0.2, 0) is 0 Å². The van der Waals surface area contributed by atoms with Crippen LogP contribution in [0, 0.1) is 0 Å². The van der Waals surface area contributed by atoms with Gasteiger partial charge in [-0.2, -0.15) is 0 Å². The Morgan fingerprint density at radius 1 is 0.789 bits per heavy atom. The Bertz CT molecular complexity index is 931. The first kappa shape index (κ1) is 10.9. The van der Waals surface area contributed by atoms with Crippen LogP contribution in [0.4, 0.5) is 0 Å². The lowest BCUT2D eigenvalue weighted by atomic mass is 10.1. The molecule has 90 valence electrons. The lowest BCUT2D eigenvalue weighted by molar-refractivity contribution is 1.40. The van der Waals surface area contributed by atoms with Gasteiger partial charge in [0, 0.05) is 26.8 Å². The van der Waals surface area contributed by atoms with Crippen molar-refractivity contribution in [3.8, 4) is 0 Å². The van der Waals surface area contributed by atoms with Crippen molar-refractivity contribution in [1.29, 1.82) is 0 Å². The molecule has 2 heterocycles.